The minimum Gasteiger partial charge on any atom is -0.289 e. The van der Waals surface area contributed by atoms with Crippen molar-refractivity contribution in [2.45, 2.75) is 13.5 Å². The van der Waals surface area contributed by atoms with Crippen molar-refractivity contribution in [3.63, 3.8) is 0 Å². The Morgan fingerprint density at radius 2 is 1.38 bits per heavy atom. The number of thiazole rings is 1. The number of anilines is 1. The number of aryl methyl sites for hydroxylation is 1. The molecule has 5 rings (SSSR count). The second-order valence-electron chi connectivity index (χ2n) is 8.12. The SMILES string of the molecule is Cc1ccc2nc(N(Cc3ccccc3)C(=O)c3ccc(C(=O)c4ccccc4)cc3)sc2c1. The highest BCUT2D eigenvalue weighted by Crippen LogP contribution is 2.31. The molecule has 0 unspecified atom stereocenters. The van der Waals surface area contributed by atoms with Crippen molar-refractivity contribution < 1.29 is 9.59 Å². The summed E-state index contributed by atoms with van der Waals surface area (Å²) in [7, 11) is 0. The van der Waals surface area contributed by atoms with E-state index in [1.165, 1.54) is 11.3 Å². The Hall–Kier alpha value is -4.09. The highest BCUT2D eigenvalue weighted by atomic mass is 32.1. The van der Waals surface area contributed by atoms with Gasteiger partial charge in [0, 0.05) is 16.7 Å². The van der Waals surface area contributed by atoms with E-state index < -0.39 is 0 Å². The summed E-state index contributed by atoms with van der Waals surface area (Å²) in [6.45, 7) is 2.45. The van der Waals surface area contributed by atoms with Gasteiger partial charge in [0.25, 0.3) is 5.91 Å². The molecule has 5 aromatic rings. The van der Waals surface area contributed by atoms with E-state index in [0.717, 1.165) is 21.3 Å². The van der Waals surface area contributed by atoms with Gasteiger partial charge in [-0.05, 0) is 42.3 Å². The van der Waals surface area contributed by atoms with Crippen LogP contribution in [-0.2, 0) is 6.54 Å². The van der Waals surface area contributed by atoms with Crippen molar-refractivity contribution in [2.24, 2.45) is 0 Å². The maximum absolute atomic E-state index is 13.7. The zero-order valence-electron chi connectivity index (χ0n) is 18.6. The number of benzene rings is 4. The van der Waals surface area contributed by atoms with Crippen LogP contribution in [-0.4, -0.2) is 16.7 Å². The number of ketones is 1. The third-order valence-corrected chi connectivity index (χ3v) is 6.66. The van der Waals surface area contributed by atoms with Crippen LogP contribution in [0.3, 0.4) is 0 Å². The fourth-order valence-corrected chi connectivity index (χ4v) is 4.87. The van der Waals surface area contributed by atoms with Gasteiger partial charge in [0.15, 0.2) is 10.9 Å². The molecule has 0 fully saturated rings. The molecule has 0 aliphatic carbocycles. The Labute approximate surface area is 202 Å². The predicted molar refractivity (Wildman–Crippen MR) is 138 cm³/mol. The molecule has 0 aliphatic rings. The second-order valence-corrected chi connectivity index (χ2v) is 9.13. The summed E-state index contributed by atoms with van der Waals surface area (Å²) in [6, 6.07) is 32.0. The molecule has 1 amide bonds. The number of hydrogen-bond donors (Lipinski definition) is 0. The fraction of sp³-hybridized carbons (Fsp3) is 0.0690. The first kappa shape index (κ1) is 21.7. The molecule has 4 aromatic carbocycles. The Balaban J connectivity index is 1.48. The molecule has 0 bridgehead atoms. The lowest BCUT2D eigenvalue weighted by molar-refractivity contribution is 0.0982. The first-order valence-corrected chi connectivity index (χ1v) is 11.8. The van der Waals surface area contributed by atoms with Gasteiger partial charge in [-0.3, -0.25) is 14.5 Å². The molecular formula is C29H22N2O2S. The Bertz CT molecular complexity index is 1460. The first-order chi connectivity index (χ1) is 16.6. The van der Waals surface area contributed by atoms with E-state index in [2.05, 4.69) is 6.07 Å². The average molecular weight is 463 g/mol. The number of hydrogen-bond acceptors (Lipinski definition) is 4. The van der Waals surface area contributed by atoms with Gasteiger partial charge in [-0.15, -0.1) is 0 Å². The summed E-state index contributed by atoms with van der Waals surface area (Å²) in [6.07, 6.45) is 0. The monoisotopic (exact) mass is 462 g/mol. The van der Waals surface area contributed by atoms with Crippen LogP contribution in [0.2, 0.25) is 0 Å². The normalized spacial score (nSPS) is 10.9. The van der Waals surface area contributed by atoms with E-state index in [0.29, 0.717) is 28.4 Å². The molecule has 5 heteroatoms. The smallest absolute Gasteiger partial charge is 0.260 e. The minimum absolute atomic E-state index is 0.0673. The van der Waals surface area contributed by atoms with Crippen LogP contribution in [0.15, 0.2) is 103 Å². The number of carbonyl (C=O) groups is 2. The molecule has 1 heterocycles. The lowest BCUT2D eigenvalue weighted by Gasteiger charge is -2.20. The third kappa shape index (κ3) is 4.51. The zero-order chi connectivity index (χ0) is 23.5. The molecule has 4 nitrogen and oxygen atoms in total. The van der Waals surface area contributed by atoms with Gasteiger partial charge in [-0.1, -0.05) is 90.2 Å². The number of nitrogens with zero attached hydrogens (tertiary/aromatic N) is 2. The van der Waals surface area contributed by atoms with Gasteiger partial charge in [0.2, 0.25) is 0 Å². The van der Waals surface area contributed by atoms with Gasteiger partial charge < -0.3 is 0 Å². The van der Waals surface area contributed by atoms with Gasteiger partial charge >= 0.3 is 0 Å². The maximum atomic E-state index is 13.7. The van der Waals surface area contributed by atoms with E-state index in [1.807, 2.05) is 67.6 Å². The van der Waals surface area contributed by atoms with Crippen LogP contribution < -0.4 is 4.90 Å². The average Bonchev–Trinajstić information content (AvgIpc) is 3.30. The highest BCUT2D eigenvalue weighted by Gasteiger charge is 2.22. The summed E-state index contributed by atoms with van der Waals surface area (Å²) in [5.41, 5.74) is 4.73. The van der Waals surface area contributed by atoms with E-state index in [1.54, 1.807) is 41.3 Å². The Morgan fingerprint density at radius 1 is 0.765 bits per heavy atom. The van der Waals surface area contributed by atoms with Gasteiger partial charge in [0.1, 0.15) is 0 Å². The summed E-state index contributed by atoms with van der Waals surface area (Å²) in [5, 5.41) is 0.652. The Morgan fingerprint density at radius 3 is 2.09 bits per heavy atom. The number of carbonyl (C=O) groups excluding carboxylic acids is 2. The van der Waals surface area contributed by atoms with Crippen LogP contribution in [0.4, 0.5) is 5.13 Å². The van der Waals surface area contributed by atoms with Crippen molar-refractivity contribution in [3.8, 4) is 0 Å². The van der Waals surface area contributed by atoms with Gasteiger partial charge in [-0.25, -0.2) is 4.98 Å². The van der Waals surface area contributed by atoms with Crippen LogP contribution in [0, 0.1) is 6.92 Å². The van der Waals surface area contributed by atoms with Crippen molar-refractivity contribution >= 4 is 38.4 Å². The summed E-state index contributed by atoms with van der Waals surface area (Å²) in [5.74, 6) is -0.222. The van der Waals surface area contributed by atoms with Crippen molar-refractivity contribution in [3.05, 3.63) is 131 Å². The second kappa shape index (κ2) is 9.41. The van der Waals surface area contributed by atoms with E-state index in [-0.39, 0.29) is 11.7 Å². The van der Waals surface area contributed by atoms with Crippen molar-refractivity contribution in [2.75, 3.05) is 4.90 Å². The molecule has 0 radical (unpaired) electrons. The van der Waals surface area contributed by atoms with Crippen LogP contribution in [0.5, 0.6) is 0 Å². The lowest BCUT2D eigenvalue weighted by Crippen LogP contribution is -2.30. The molecule has 0 saturated carbocycles. The molecule has 0 spiro atoms. The fourth-order valence-electron chi connectivity index (χ4n) is 3.80. The van der Waals surface area contributed by atoms with E-state index in [9.17, 15) is 9.59 Å². The molecule has 0 N–H and O–H groups in total. The number of rotatable bonds is 6. The largest absolute Gasteiger partial charge is 0.289 e. The van der Waals surface area contributed by atoms with E-state index >= 15 is 0 Å². The molecule has 0 aliphatic heterocycles. The summed E-state index contributed by atoms with van der Waals surface area (Å²) >= 11 is 1.51. The first-order valence-electron chi connectivity index (χ1n) is 11.0. The van der Waals surface area contributed by atoms with Crippen LogP contribution >= 0.6 is 11.3 Å². The quantitative estimate of drug-likeness (QED) is 0.264. The standard InChI is InChI=1S/C29H22N2O2S/c1-20-12-17-25-26(18-20)34-29(30-25)31(19-21-8-4-2-5-9-21)28(33)24-15-13-23(14-16-24)27(32)22-10-6-3-7-11-22/h2-18H,19H2,1H3. The zero-order valence-corrected chi connectivity index (χ0v) is 19.5. The van der Waals surface area contributed by atoms with Crippen molar-refractivity contribution in [1.82, 2.24) is 4.98 Å². The Kier molecular flexibility index (Phi) is 6.02. The topological polar surface area (TPSA) is 50.3 Å². The summed E-state index contributed by atoms with van der Waals surface area (Å²) < 4.78 is 1.05. The molecular weight excluding hydrogens is 440 g/mol. The van der Waals surface area contributed by atoms with Gasteiger partial charge in [-0.2, -0.15) is 0 Å². The molecule has 166 valence electrons. The van der Waals surface area contributed by atoms with Crippen LogP contribution in [0.25, 0.3) is 10.2 Å². The van der Waals surface area contributed by atoms with E-state index in [4.69, 9.17) is 4.98 Å². The van der Waals surface area contributed by atoms with Gasteiger partial charge in [0.05, 0.1) is 16.8 Å². The third-order valence-electron chi connectivity index (χ3n) is 5.62. The molecule has 34 heavy (non-hydrogen) atoms. The number of amides is 1. The number of fused-ring (bicyclic) bond motifs is 1. The van der Waals surface area contributed by atoms with Crippen LogP contribution in [0.1, 0.15) is 37.4 Å². The molecule has 0 saturated heterocycles. The predicted octanol–water partition coefficient (Wildman–Crippen LogP) is 6.68. The maximum Gasteiger partial charge on any atom is 0.260 e. The molecule has 1 aromatic heterocycles. The summed E-state index contributed by atoms with van der Waals surface area (Å²) in [4.78, 5) is 32.9. The van der Waals surface area contributed by atoms with Crippen molar-refractivity contribution in [1.29, 1.82) is 0 Å². The lowest BCUT2D eigenvalue weighted by atomic mass is 10.0. The molecule has 0 atom stereocenters. The highest BCUT2D eigenvalue weighted by molar-refractivity contribution is 7.22. The number of aromatic nitrogens is 1. The minimum atomic E-state index is -0.154.